The number of hydrogen-bond acceptors (Lipinski definition) is 2. The number of hydrogen-bond donors (Lipinski definition) is 0. The first-order valence-electron chi connectivity index (χ1n) is 7.11. The first-order chi connectivity index (χ1) is 8.74. The van der Waals surface area contributed by atoms with Gasteiger partial charge in [0.15, 0.2) is 0 Å². The van der Waals surface area contributed by atoms with Gasteiger partial charge in [-0.1, -0.05) is 45.4 Å². The molecule has 0 aromatic heterocycles. The summed E-state index contributed by atoms with van der Waals surface area (Å²) in [6, 6.07) is 8.16. The van der Waals surface area contributed by atoms with Crippen LogP contribution in [0.1, 0.15) is 39.2 Å². The molecule has 0 heterocycles. The topological polar surface area (TPSA) is 12.5 Å². The van der Waals surface area contributed by atoms with Gasteiger partial charge in [-0.25, -0.2) is 0 Å². The van der Waals surface area contributed by atoms with Crippen LogP contribution < -0.4 is 4.74 Å². The Morgan fingerprint density at radius 1 is 1.11 bits per heavy atom. The van der Waals surface area contributed by atoms with Crippen LogP contribution >= 0.6 is 0 Å². The SMILES string of the molecule is CC.CCCCN(C)CCOc1ccccc1C. The molecule has 0 radical (unpaired) electrons. The third kappa shape index (κ3) is 7.33. The predicted molar refractivity (Wildman–Crippen MR) is 80.4 cm³/mol. The molecule has 18 heavy (non-hydrogen) atoms. The minimum atomic E-state index is 0.769. The molecule has 0 atom stereocenters. The maximum absolute atomic E-state index is 5.75. The second-order valence-electron chi connectivity index (χ2n) is 4.27. The number of rotatable bonds is 7. The highest BCUT2D eigenvalue weighted by atomic mass is 16.5. The zero-order valence-electron chi connectivity index (χ0n) is 12.7. The average Bonchev–Trinajstić information content (AvgIpc) is 2.41. The van der Waals surface area contributed by atoms with Crippen molar-refractivity contribution in [3.05, 3.63) is 29.8 Å². The predicted octanol–water partition coefficient (Wildman–Crippen LogP) is 4.13. The van der Waals surface area contributed by atoms with Crippen molar-refractivity contribution in [3.8, 4) is 5.75 Å². The molecular formula is C16H29NO. The zero-order chi connectivity index (χ0) is 13.8. The smallest absolute Gasteiger partial charge is 0.122 e. The van der Waals surface area contributed by atoms with E-state index in [2.05, 4.69) is 31.9 Å². The van der Waals surface area contributed by atoms with Crippen LogP contribution in [-0.4, -0.2) is 31.6 Å². The summed E-state index contributed by atoms with van der Waals surface area (Å²) in [5.41, 5.74) is 1.21. The Morgan fingerprint density at radius 2 is 1.78 bits per heavy atom. The van der Waals surface area contributed by atoms with E-state index in [9.17, 15) is 0 Å². The fourth-order valence-corrected chi connectivity index (χ4v) is 1.57. The average molecular weight is 251 g/mol. The van der Waals surface area contributed by atoms with Crippen LogP contribution in [0.4, 0.5) is 0 Å². The van der Waals surface area contributed by atoms with Crippen LogP contribution in [0.5, 0.6) is 5.75 Å². The molecule has 0 unspecified atom stereocenters. The van der Waals surface area contributed by atoms with Gasteiger partial charge in [-0.05, 0) is 38.6 Å². The summed E-state index contributed by atoms with van der Waals surface area (Å²) in [6.45, 7) is 11.2. The highest BCUT2D eigenvalue weighted by Gasteiger charge is 2.00. The second kappa shape index (κ2) is 11.1. The molecule has 0 saturated carbocycles. The molecule has 104 valence electrons. The Hall–Kier alpha value is -1.02. The monoisotopic (exact) mass is 251 g/mol. The molecule has 0 aliphatic carbocycles. The minimum Gasteiger partial charge on any atom is -0.492 e. The van der Waals surface area contributed by atoms with Gasteiger partial charge in [0, 0.05) is 6.54 Å². The lowest BCUT2D eigenvalue weighted by Gasteiger charge is -2.16. The molecule has 0 fully saturated rings. The molecule has 0 amide bonds. The van der Waals surface area contributed by atoms with E-state index in [0.29, 0.717) is 0 Å². The number of benzene rings is 1. The van der Waals surface area contributed by atoms with E-state index < -0.39 is 0 Å². The Labute approximate surface area is 113 Å². The highest BCUT2D eigenvalue weighted by Crippen LogP contribution is 2.15. The van der Waals surface area contributed by atoms with Crippen molar-refractivity contribution in [2.24, 2.45) is 0 Å². The van der Waals surface area contributed by atoms with E-state index in [1.807, 2.05) is 32.0 Å². The van der Waals surface area contributed by atoms with Crippen LogP contribution in [0.2, 0.25) is 0 Å². The van der Waals surface area contributed by atoms with E-state index in [0.717, 1.165) is 25.4 Å². The quantitative estimate of drug-likeness (QED) is 0.722. The summed E-state index contributed by atoms with van der Waals surface area (Å²) in [7, 11) is 2.15. The lowest BCUT2D eigenvalue weighted by atomic mass is 10.2. The van der Waals surface area contributed by atoms with Crippen LogP contribution in [0.15, 0.2) is 24.3 Å². The molecule has 2 nitrogen and oxygen atoms in total. The highest BCUT2D eigenvalue weighted by molar-refractivity contribution is 5.31. The first kappa shape index (κ1) is 17.0. The molecule has 0 aliphatic heterocycles. The van der Waals surface area contributed by atoms with Gasteiger partial charge in [-0.3, -0.25) is 0 Å². The number of nitrogens with zero attached hydrogens (tertiary/aromatic N) is 1. The number of likely N-dealkylation sites (N-methyl/N-ethyl adjacent to an activating group) is 1. The molecule has 0 aliphatic rings. The normalized spacial score (nSPS) is 9.89. The van der Waals surface area contributed by atoms with Crippen molar-refractivity contribution in [2.45, 2.75) is 40.5 Å². The molecular weight excluding hydrogens is 222 g/mol. The Morgan fingerprint density at radius 3 is 2.39 bits per heavy atom. The van der Waals surface area contributed by atoms with Crippen molar-refractivity contribution in [1.82, 2.24) is 4.90 Å². The summed E-state index contributed by atoms with van der Waals surface area (Å²) < 4.78 is 5.75. The van der Waals surface area contributed by atoms with Crippen molar-refractivity contribution >= 4 is 0 Å². The molecule has 1 aromatic rings. The summed E-state index contributed by atoms with van der Waals surface area (Å²) >= 11 is 0. The van der Waals surface area contributed by atoms with Crippen molar-refractivity contribution in [2.75, 3.05) is 26.7 Å². The van der Waals surface area contributed by atoms with E-state index in [4.69, 9.17) is 4.74 Å². The molecule has 1 rings (SSSR count). The Balaban J connectivity index is 0.00000137. The number of unbranched alkanes of at least 4 members (excludes halogenated alkanes) is 1. The van der Waals surface area contributed by atoms with Gasteiger partial charge < -0.3 is 9.64 Å². The minimum absolute atomic E-state index is 0.769. The lowest BCUT2D eigenvalue weighted by Crippen LogP contribution is -2.25. The number of para-hydroxylation sites is 1. The van der Waals surface area contributed by atoms with Gasteiger partial charge in [0.25, 0.3) is 0 Å². The molecule has 0 N–H and O–H groups in total. The Kier molecular flexibility index (Phi) is 10.5. The fraction of sp³-hybridized carbons (Fsp3) is 0.625. The largest absolute Gasteiger partial charge is 0.492 e. The van der Waals surface area contributed by atoms with Crippen LogP contribution in [0, 0.1) is 6.92 Å². The van der Waals surface area contributed by atoms with Crippen molar-refractivity contribution in [1.29, 1.82) is 0 Å². The van der Waals surface area contributed by atoms with E-state index in [1.54, 1.807) is 0 Å². The van der Waals surface area contributed by atoms with Crippen molar-refractivity contribution < 1.29 is 4.74 Å². The molecule has 0 spiro atoms. The van der Waals surface area contributed by atoms with Gasteiger partial charge in [0.1, 0.15) is 12.4 Å². The second-order valence-corrected chi connectivity index (χ2v) is 4.27. The first-order valence-corrected chi connectivity index (χ1v) is 7.11. The maximum atomic E-state index is 5.75. The summed E-state index contributed by atoms with van der Waals surface area (Å²) in [4.78, 5) is 2.32. The van der Waals surface area contributed by atoms with E-state index >= 15 is 0 Å². The zero-order valence-corrected chi connectivity index (χ0v) is 12.7. The molecule has 0 bridgehead atoms. The summed E-state index contributed by atoms with van der Waals surface area (Å²) in [6.07, 6.45) is 2.52. The molecule has 1 aromatic carbocycles. The maximum Gasteiger partial charge on any atom is 0.122 e. The van der Waals surface area contributed by atoms with Crippen LogP contribution in [-0.2, 0) is 0 Å². The van der Waals surface area contributed by atoms with Gasteiger partial charge in [0.05, 0.1) is 0 Å². The van der Waals surface area contributed by atoms with E-state index in [1.165, 1.54) is 18.4 Å². The number of ether oxygens (including phenoxy) is 1. The Bertz CT molecular complexity index is 299. The van der Waals surface area contributed by atoms with Gasteiger partial charge >= 0.3 is 0 Å². The van der Waals surface area contributed by atoms with E-state index in [-0.39, 0.29) is 0 Å². The van der Waals surface area contributed by atoms with Crippen LogP contribution in [0.25, 0.3) is 0 Å². The number of aryl methyl sites for hydroxylation is 1. The standard InChI is InChI=1S/C14H23NO.C2H6/c1-4-5-10-15(3)11-12-16-14-9-7-6-8-13(14)2;1-2/h6-9H,4-5,10-12H2,1-3H3;1-2H3. The van der Waals surface area contributed by atoms with Gasteiger partial charge in [0.2, 0.25) is 0 Å². The third-order valence-electron chi connectivity index (χ3n) is 2.72. The van der Waals surface area contributed by atoms with Gasteiger partial charge in [-0.2, -0.15) is 0 Å². The lowest BCUT2D eigenvalue weighted by molar-refractivity contribution is 0.234. The van der Waals surface area contributed by atoms with Crippen molar-refractivity contribution in [3.63, 3.8) is 0 Å². The summed E-state index contributed by atoms with van der Waals surface area (Å²) in [5, 5.41) is 0. The fourth-order valence-electron chi connectivity index (χ4n) is 1.57. The molecule has 0 saturated heterocycles. The molecule has 2 heteroatoms. The summed E-state index contributed by atoms with van der Waals surface area (Å²) in [5.74, 6) is 1.01. The van der Waals surface area contributed by atoms with Crippen LogP contribution in [0.3, 0.4) is 0 Å². The third-order valence-corrected chi connectivity index (χ3v) is 2.72. The van der Waals surface area contributed by atoms with Gasteiger partial charge in [-0.15, -0.1) is 0 Å².